The molecule has 29 heavy (non-hydrogen) atoms. The van der Waals surface area contributed by atoms with E-state index in [9.17, 15) is 18.8 Å². The van der Waals surface area contributed by atoms with E-state index in [1.807, 2.05) is 0 Å². The summed E-state index contributed by atoms with van der Waals surface area (Å²) in [6, 6.07) is 5.82. The zero-order chi connectivity index (χ0) is 20.1. The second-order valence-corrected chi connectivity index (χ2v) is 8.22. The van der Waals surface area contributed by atoms with Crippen molar-refractivity contribution in [3.63, 3.8) is 0 Å². The summed E-state index contributed by atoms with van der Waals surface area (Å²) in [5, 5.41) is 6.19. The lowest BCUT2D eigenvalue weighted by Gasteiger charge is -2.36. The molecule has 3 fully saturated rings. The lowest BCUT2D eigenvalue weighted by atomic mass is 9.92. The van der Waals surface area contributed by atoms with Crippen LogP contribution in [-0.4, -0.2) is 59.4 Å². The average molecular weight is 425 g/mol. The molecule has 0 radical (unpaired) electrons. The molecule has 0 aromatic heterocycles. The number of urea groups is 1. The van der Waals surface area contributed by atoms with Gasteiger partial charge in [-0.3, -0.25) is 14.5 Å². The second kappa shape index (κ2) is 7.91. The number of fused-ring (bicyclic) bond motifs is 2. The number of piperidine rings is 1. The predicted molar refractivity (Wildman–Crippen MR) is 107 cm³/mol. The van der Waals surface area contributed by atoms with Gasteiger partial charge in [0.1, 0.15) is 17.9 Å². The van der Waals surface area contributed by atoms with Gasteiger partial charge in [0, 0.05) is 25.2 Å². The van der Waals surface area contributed by atoms with Crippen molar-refractivity contribution in [3.05, 3.63) is 35.6 Å². The van der Waals surface area contributed by atoms with Gasteiger partial charge in [-0.2, -0.15) is 0 Å². The van der Waals surface area contributed by atoms with Crippen LogP contribution in [0.15, 0.2) is 24.3 Å². The van der Waals surface area contributed by atoms with Crippen LogP contribution in [0.1, 0.15) is 38.2 Å². The third-order valence-corrected chi connectivity index (χ3v) is 6.38. The number of hydrogen-bond donors (Lipinski definition) is 2. The van der Waals surface area contributed by atoms with Crippen LogP contribution < -0.4 is 10.6 Å². The molecule has 0 aliphatic carbocycles. The first-order valence-electron chi connectivity index (χ1n) is 9.70. The van der Waals surface area contributed by atoms with E-state index >= 15 is 0 Å². The molecule has 9 heteroatoms. The largest absolute Gasteiger partial charge is 0.341 e. The Morgan fingerprint density at radius 2 is 1.79 bits per heavy atom. The molecule has 3 aliphatic heterocycles. The molecule has 1 aromatic rings. The first-order valence-corrected chi connectivity index (χ1v) is 9.70. The molecule has 2 N–H and O–H groups in total. The summed E-state index contributed by atoms with van der Waals surface area (Å²) in [6.07, 6.45) is 4.05. The molecule has 7 nitrogen and oxygen atoms in total. The fourth-order valence-electron chi connectivity index (χ4n) is 4.61. The third kappa shape index (κ3) is 3.83. The van der Waals surface area contributed by atoms with Crippen molar-refractivity contribution in [1.82, 2.24) is 20.4 Å². The number of imide groups is 1. The maximum Gasteiger partial charge on any atom is 0.325 e. The van der Waals surface area contributed by atoms with Crippen LogP contribution >= 0.6 is 12.4 Å². The normalized spacial score (nSPS) is 30.7. The molecule has 3 atom stereocenters. The first kappa shape index (κ1) is 21.5. The number of nitrogens with zero attached hydrogens (tertiary/aromatic N) is 2. The highest BCUT2D eigenvalue weighted by Gasteiger charge is 2.50. The van der Waals surface area contributed by atoms with Gasteiger partial charge in [-0.25, -0.2) is 9.18 Å². The molecule has 3 heterocycles. The summed E-state index contributed by atoms with van der Waals surface area (Å²) in [4.78, 5) is 40.8. The van der Waals surface area contributed by atoms with Crippen LogP contribution in [0.5, 0.6) is 0 Å². The summed E-state index contributed by atoms with van der Waals surface area (Å²) in [5.41, 5.74) is -0.831. The maximum atomic E-state index is 13.2. The monoisotopic (exact) mass is 424 g/mol. The van der Waals surface area contributed by atoms with Gasteiger partial charge in [-0.15, -0.1) is 12.4 Å². The molecule has 158 valence electrons. The van der Waals surface area contributed by atoms with Gasteiger partial charge in [0.15, 0.2) is 0 Å². The highest BCUT2D eigenvalue weighted by atomic mass is 35.5. The number of carbonyl (C=O) groups is 3. The Bertz CT molecular complexity index is 808. The van der Waals surface area contributed by atoms with E-state index in [4.69, 9.17) is 0 Å². The molecular formula is C20H26ClFN4O3. The molecular weight excluding hydrogens is 399 g/mol. The highest BCUT2D eigenvalue weighted by Crippen LogP contribution is 2.31. The number of nitrogens with one attached hydrogen (secondary N) is 2. The summed E-state index contributed by atoms with van der Waals surface area (Å²) < 4.78 is 13.2. The van der Waals surface area contributed by atoms with E-state index in [2.05, 4.69) is 10.6 Å². The minimum absolute atomic E-state index is 0. The number of amides is 4. The van der Waals surface area contributed by atoms with Crippen LogP contribution in [-0.2, 0) is 15.1 Å². The number of rotatable bonds is 4. The zero-order valence-corrected chi connectivity index (χ0v) is 17.3. The quantitative estimate of drug-likeness (QED) is 0.721. The Labute approximate surface area is 175 Å². The van der Waals surface area contributed by atoms with Crippen molar-refractivity contribution >= 4 is 30.3 Å². The lowest BCUT2D eigenvalue weighted by Crippen LogP contribution is -2.51. The van der Waals surface area contributed by atoms with Crippen molar-refractivity contribution in [2.24, 2.45) is 0 Å². The fraction of sp³-hybridized carbons (Fsp3) is 0.550. The Morgan fingerprint density at radius 1 is 1.21 bits per heavy atom. The zero-order valence-electron chi connectivity index (χ0n) is 16.5. The fourth-order valence-corrected chi connectivity index (χ4v) is 4.61. The van der Waals surface area contributed by atoms with E-state index < -0.39 is 23.3 Å². The standard InChI is InChI=1S/C20H25FN4O3.ClH/c1-20(12-3-5-13(21)6-4-12)18(27)25(19(28)23-20)11-17(26)24(2)16-9-14-7-8-15(10-16)22-14;/h3-6,14-16,22H,7-11H2,1-2H3,(H,23,28);1H. The van der Waals surface area contributed by atoms with E-state index in [-0.39, 0.29) is 30.9 Å². The molecule has 3 saturated heterocycles. The van der Waals surface area contributed by atoms with Gasteiger partial charge in [0.25, 0.3) is 5.91 Å². The van der Waals surface area contributed by atoms with E-state index in [1.165, 1.54) is 24.3 Å². The molecule has 0 saturated carbocycles. The van der Waals surface area contributed by atoms with Crippen LogP contribution in [0.3, 0.4) is 0 Å². The molecule has 4 amide bonds. The summed E-state index contributed by atoms with van der Waals surface area (Å²) >= 11 is 0. The molecule has 3 aliphatic rings. The SMILES string of the molecule is CN(C(=O)CN1C(=O)NC(C)(c2ccc(F)cc2)C1=O)C1CC2CCC(C1)N2.Cl. The van der Waals surface area contributed by atoms with Crippen LogP contribution in [0.4, 0.5) is 9.18 Å². The van der Waals surface area contributed by atoms with Crippen molar-refractivity contribution in [2.75, 3.05) is 13.6 Å². The topological polar surface area (TPSA) is 81.8 Å². The summed E-state index contributed by atoms with van der Waals surface area (Å²) in [7, 11) is 1.75. The molecule has 4 rings (SSSR count). The Balaban J connectivity index is 0.00000240. The minimum Gasteiger partial charge on any atom is -0.341 e. The van der Waals surface area contributed by atoms with Gasteiger partial charge in [-0.1, -0.05) is 12.1 Å². The highest BCUT2D eigenvalue weighted by molar-refractivity contribution is 6.09. The predicted octanol–water partition coefficient (Wildman–Crippen LogP) is 1.76. The number of hydrogen-bond acceptors (Lipinski definition) is 4. The van der Waals surface area contributed by atoms with Crippen molar-refractivity contribution in [2.45, 2.75) is 56.3 Å². The first-order chi connectivity index (χ1) is 13.3. The Morgan fingerprint density at radius 3 is 2.38 bits per heavy atom. The molecule has 1 aromatic carbocycles. The van der Waals surface area contributed by atoms with Gasteiger partial charge >= 0.3 is 6.03 Å². The smallest absolute Gasteiger partial charge is 0.325 e. The molecule has 3 unspecified atom stereocenters. The van der Waals surface area contributed by atoms with Gasteiger partial charge in [0.05, 0.1) is 0 Å². The van der Waals surface area contributed by atoms with Gasteiger partial charge < -0.3 is 15.5 Å². The van der Waals surface area contributed by atoms with Crippen molar-refractivity contribution in [3.8, 4) is 0 Å². The molecule has 2 bridgehead atoms. The second-order valence-electron chi connectivity index (χ2n) is 8.22. The number of carbonyl (C=O) groups excluding carboxylic acids is 3. The van der Waals surface area contributed by atoms with E-state index in [0.29, 0.717) is 17.6 Å². The van der Waals surface area contributed by atoms with Crippen LogP contribution in [0.25, 0.3) is 0 Å². The van der Waals surface area contributed by atoms with Crippen molar-refractivity contribution < 1.29 is 18.8 Å². The number of halogens is 2. The Kier molecular flexibility index (Phi) is 5.87. The van der Waals surface area contributed by atoms with Crippen LogP contribution in [0, 0.1) is 5.82 Å². The van der Waals surface area contributed by atoms with Crippen molar-refractivity contribution in [1.29, 1.82) is 0 Å². The number of benzene rings is 1. The summed E-state index contributed by atoms with van der Waals surface area (Å²) in [5.74, 6) is -1.18. The third-order valence-electron chi connectivity index (χ3n) is 6.38. The summed E-state index contributed by atoms with van der Waals surface area (Å²) in [6.45, 7) is 1.27. The Hall–Kier alpha value is -2.19. The van der Waals surface area contributed by atoms with E-state index in [1.54, 1.807) is 18.9 Å². The number of likely N-dealkylation sites (N-methyl/N-ethyl adjacent to an activating group) is 1. The van der Waals surface area contributed by atoms with Crippen LogP contribution in [0.2, 0.25) is 0 Å². The lowest BCUT2D eigenvalue weighted by molar-refractivity contribution is -0.139. The molecule has 0 spiro atoms. The van der Waals surface area contributed by atoms with E-state index in [0.717, 1.165) is 30.6 Å². The average Bonchev–Trinajstić information content (AvgIpc) is 3.12. The minimum atomic E-state index is -1.31. The van der Waals surface area contributed by atoms with Gasteiger partial charge in [-0.05, 0) is 50.3 Å². The van der Waals surface area contributed by atoms with Gasteiger partial charge in [0.2, 0.25) is 5.91 Å². The maximum absolute atomic E-state index is 13.2.